The Hall–Kier alpha value is -2.04. The lowest BCUT2D eigenvalue weighted by atomic mass is 10.2. The summed E-state index contributed by atoms with van der Waals surface area (Å²) < 4.78 is 5.29. The summed E-state index contributed by atoms with van der Waals surface area (Å²) in [5.41, 5.74) is 0.908. The summed E-state index contributed by atoms with van der Waals surface area (Å²) >= 11 is 0. The van der Waals surface area contributed by atoms with Crippen molar-refractivity contribution in [1.29, 1.82) is 0 Å². The van der Waals surface area contributed by atoms with Gasteiger partial charge in [-0.2, -0.15) is 0 Å². The number of nitrogens with one attached hydrogen (secondary N) is 2. The highest BCUT2D eigenvalue weighted by molar-refractivity contribution is 6.34. The number of carbonyl (C=O) groups is 2. The molecule has 0 aromatic heterocycles. The van der Waals surface area contributed by atoms with Crippen molar-refractivity contribution in [2.45, 2.75) is 13.5 Å². The SMILES string of the molecule is CCOc1ccc(CNC(=O)C(=O)NC)cc1. The van der Waals surface area contributed by atoms with Crippen LogP contribution in [0.2, 0.25) is 0 Å². The van der Waals surface area contributed by atoms with Gasteiger partial charge in [0.05, 0.1) is 6.61 Å². The zero-order valence-electron chi connectivity index (χ0n) is 9.95. The maximum atomic E-state index is 11.2. The first-order valence-corrected chi connectivity index (χ1v) is 5.39. The quantitative estimate of drug-likeness (QED) is 0.746. The molecule has 1 rings (SSSR count). The van der Waals surface area contributed by atoms with Crippen LogP contribution in [-0.4, -0.2) is 25.5 Å². The van der Waals surface area contributed by atoms with Crippen molar-refractivity contribution in [3.63, 3.8) is 0 Å². The summed E-state index contributed by atoms with van der Waals surface area (Å²) in [6.07, 6.45) is 0. The number of likely N-dealkylation sites (N-methyl/N-ethyl adjacent to an activating group) is 1. The largest absolute Gasteiger partial charge is 0.494 e. The van der Waals surface area contributed by atoms with E-state index in [-0.39, 0.29) is 0 Å². The van der Waals surface area contributed by atoms with Crippen molar-refractivity contribution in [1.82, 2.24) is 10.6 Å². The van der Waals surface area contributed by atoms with Gasteiger partial charge in [0.25, 0.3) is 0 Å². The molecule has 2 N–H and O–H groups in total. The second kappa shape index (κ2) is 6.52. The van der Waals surface area contributed by atoms with E-state index >= 15 is 0 Å². The van der Waals surface area contributed by atoms with E-state index in [1.54, 1.807) is 0 Å². The number of amides is 2. The third-order valence-corrected chi connectivity index (χ3v) is 2.12. The van der Waals surface area contributed by atoms with Crippen molar-refractivity contribution in [2.24, 2.45) is 0 Å². The van der Waals surface area contributed by atoms with Crippen LogP contribution in [0, 0.1) is 0 Å². The van der Waals surface area contributed by atoms with E-state index in [2.05, 4.69) is 10.6 Å². The Balaban J connectivity index is 2.47. The van der Waals surface area contributed by atoms with E-state index in [1.807, 2.05) is 31.2 Å². The van der Waals surface area contributed by atoms with E-state index in [1.165, 1.54) is 7.05 Å². The van der Waals surface area contributed by atoms with E-state index in [0.717, 1.165) is 11.3 Å². The molecule has 1 aromatic carbocycles. The minimum atomic E-state index is -0.643. The van der Waals surface area contributed by atoms with Crippen molar-refractivity contribution in [3.8, 4) is 5.75 Å². The van der Waals surface area contributed by atoms with Gasteiger partial charge in [0, 0.05) is 13.6 Å². The van der Waals surface area contributed by atoms with Gasteiger partial charge in [-0.25, -0.2) is 0 Å². The van der Waals surface area contributed by atoms with Crippen LogP contribution in [0.3, 0.4) is 0 Å². The Bertz CT molecular complexity index is 387. The molecule has 0 saturated heterocycles. The van der Waals surface area contributed by atoms with E-state index in [9.17, 15) is 9.59 Å². The molecule has 0 bridgehead atoms. The second-order valence-electron chi connectivity index (χ2n) is 3.34. The Kier molecular flexibility index (Phi) is 5.00. The fraction of sp³-hybridized carbons (Fsp3) is 0.333. The van der Waals surface area contributed by atoms with Gasteiger partial charge >= 0.3 is 11.8 Å². The maximum Gasteiger partial charge on any atom is 0.309 e. The van der Waals surface area contributed by atoms with Crippen molar-refractivity contribution in [2.75, 3.05) is 13.7 Å². The summed E-state index contributed by atoms with van der Waals surface area (Å²) in [5, 5.41) is 4.77. The molecule has 92 valence electrons. The summed E-state index contributed by atoms with van der Waals surface area (Å²) in [7, 11) is 1.42. The molecule has 0 spiro atoms. The fourth-order valence-corrected chi connectivity index (χ4v) is 1.25. The van der Waals surface area contributed by atoms with Gasteiger partial charge in [0.2, 0.25) is 0 Å². The number of ether oxygens (including phenoxy) is 1. The van der Waals surface area contributed by atoms with Crippen LogP contribution in [0.1, 0.15) is 12.5 Å². The molecular weight excluding hydrogens is 220 g/mol. The topological polar surface area (TPSA) is 67.4 Å². The molecule has 0 heterocycles. The number of rotatable bonds is 4. The number of benzene rings is 1. The smallest absolute Gasteiger partial charge is 0.309 e. The molecule has 5 nitrogen and oxygen atoms in total. The molecule has 0 aliphatic heterocycles. The van der Waals surface area contributed by atoms with Gasteiger partial charge < -0.3 is 15.4 Å². The van der Waals surface area contributed by atoms with E-state index < -0.39 is 11.8 Å². The van der Waals surface area contributed by atoms with Crippen LogP contribution in [0.15, 0.2) is 24.3 Å². The van der Waals surface area contributed by atoms with Gasteiger partial charge in [-0.05, 0) is 24.6 Å². The number of hydrogen-bond donors (Lipinski definition) is 2. The Morgan fingerprint density at radius 2 is 1.82 bits per heavy atom. The molecule has 0 radical (unpaired) electrons. The Labute approximate surface area is 100 Å². The first-order chi connectivity index (χ1) is 8.17. The average Bonchev–Trinajstić information content (AvgIpc) is 2.37. The van der Waals surface area contributed by atoms with Crippen molar-refractivity contribution < 1.29 is 14.3 Å². The first kappa shape index (κ1) is 13.0. The van der Waals surface area contributed by atoms with E-state index in [0.29, 0.717) is 13.2 Å². The molecule has 0 aliphatic rings. The monoisotopic (exact) mass is 236 g/mol. The predicted octanol–water partition coefficient (Wildman–Crippen LogP) is 0.447. The standard InChI is InChI=1S/C12H16N2O3/c1-3-17-10-6-4-9(5-7-10)8-14-12(16)11(15)13-2/h4-7H,3,8H2,1-2H3,(H,13,15)(H,14,16). The minimum Gasteiger partial charge on any atom is -0.494 e. The third kappa shape index (κ3) is 4.14. The first-order valence-electron chi connectivity index (χ1n) is 5.39. The van der Waals surface area contributed by atoms with Crippen LogP contribution in [-0.2, 0) is 16.1 Å². The van der Waals surface area contributed by atoms with Gasteiger partial charge in [0.1, 0.15) is 5.75 Å². The normalized spacial score (nSPS) is 9.53. The van der Waals surface area contributed by atoms with Crippen LogP contribution in [0.25, 0.3) is 0 Å². The summed E-state index contributed by atoms with van der Waals surface area (Å²) in [4.78, 5) is 22.1. The molecule has 1 aromatic rings. The summed E-state index contributed by atoms with van der Waals surface area (Å²) in [5.74, 6) is -0.494. The van der Waals surface area contributed by atoms with Gasteiger partial charge in [-0.1, -0.05) is 12.1 Å². The lowest BCUT2D eigenvalue weighted by molar-refractivity contribution is -0.139. The highest BCUT2D eigenvalue weighted by Gasteiger charge is 2.09. The van der Waals surface area contributed by atoms with Crippen LogP contribution in [0.4, 0.5) is 0 Å². The van der Waals surface area contributed by atoms with Gasteiger partial charge in [-0.3, -0.25) is 9.59 Å². The Morgan fingerprint density at radius 3 is 2.35 bits per heavy atom. The minimum absolute atomic E-state index is 0.318. The fourth-order valence-electron chi connectivity index (χ4n) is 1.25. The third-order valence-electron chi connectivity index (χ3n) is 2.12. The number of hydrogen-bond acceptors (Lipinski definition) is 3. The molecule has 0 fully saturated rings. The lowest BCUT2D eigenvalue weighted by Crippen LogP contribution is -2.37. The molecule has 0 unspecified atom stereocenters. The molecule has 0 aliphatic carbocycles. The second-order valence-corrected chi connectivity index (χ2v) is 3.34. The summed E-state index contributed by atoms with van der Waals surface area (Å²) in [6.45, 7) is 2.85. The average molecular weight is 236 g/mol. The molecule has 0 atom stereocenters. The van der Waals surface area contributed by atoms with Gasteiger partial charge in [-0.15, -0.1) is 0 Å². The Morgan fingerprint density at radius 1 is 1.18 bits per heavy atom. The highest BCUT2D eigenvalue weighted by atomic mass is 16.5. The molecule has 0 saturated carbocycles. The maximum absolute atomic E-state index is 11.2. The highest BCUT2D eigenvalue weighted by Crippen LogP contribution is 2.11. The zero-order chi connectivity index (χ0) is 12.7. The zero-order valence-corrected chi connectivity index (χ0v) is 9.95. The van der Waals surface area contributed by atoms with Gasteiger partial charge in [0.15, 0.2) is 0 Å². The lowest BCUT2D eigenvalue weighted by Gasteiger charge is -2.06. The van der Waals surface area contributed by atoms with Crippen molar-refractivity contribution in [3.05, 3.63) is 29.8 Å². The molecule has 17 heavy (non-hydrogen) atoms. The van der Waals surface area contributed by atoms with Crippen LogP contribution >= 0.6 is 0 Å². The van der Waals surface area contributed by atoms with E-state index in [4.69, 9.17) is 4.74 Å². The molecule has 2 amide bonds. The molecular formula is C12H16N2O3. The van der Waals surface area contributed by atoms with Crippen LogP contribution < -0.4 is 15.4 Å². The summed E-state index contributed by atoms with van der Waals surface area (Å²) in [6, 6.07) is 7.33. The van der Waals surface area contributed by atoms with Crippen molar-refractivity contribution >= 4 is 11.8 Å². The van der Waals surface area contributed by atoms with Crippen LogP contribution in [0.5, 0.6) is 5.75 Å². The molecule has 5 heteroatoms. The predicted molar refractivity (Wildman–Crippen MR) is 63.5 cm³/mol. The number of carbonyl (C=O) groups excluding carboxylic acids is 2.